The first-order valence-corrected chi connectivity index (χ1v) is 6.38. The second-order valence-corrected chi connectivity index (χ2v) is 4.77. The quantitative estimate of drug-likeness (QED) is 0.787. The van der Waals surface area contributed by atoms with E-state index in [4.69, 9.17) is 5.73 Å². The summed E-state index contributed by atoms with van der Waals surface area (Å²) in [6, 6.07) is 6.32. The predicted octanol–water partition coefficient (Wildman–Crippen LogP) is 3.07. The summed E-state index contributed by atoms with van der Waals surface area (Å²) >= 11 is 0. The Bertz CT molecular complexity index is 356. The van der Waals surface area contributed by atoms with Gasteiger partial charge in [-0.2, -0.15) is 0 Å². The molecular weight excluding hydrogens is 196 g/mol. The summed E-state index contributed by atoms with van der Waals surface area (Å²) in [7, 11) is 0. The molecule has 88 valence electrons. The van der Waals surface area contributed by atoms with Crippen LogP contribution in [0.4, 0.5) is 11.4 Å². The van der Waals surface area contributed by atoms with Gasteiger partial charge < -0.3 is 10.6 Å². The molecule has 0 spiro atoms. The maximum atomic E-state index is 5.86. The van der Waals surface area contributed by atoms with E-state index in [1.54, 1.807) is 0 Å². The number of nitrogens with two attached hydrogens (primary N) is 1. The van der Waals surface area contributed by atoms with E-state index in [0.717, 1.165) is 18.2 Å². The second kappa shape index (κ2) is 4.77. The summed E-state index contributed by atoms with van der Waals surface area (Å²) in [5.74, 6) is 0.812. The molecule has 0 unspecified atom stereocenters. The van der Waals surface area contributed by atoms with E-state index in [-0.39, 0.29) is 0 Å². The molecule has 0 fully saturated rings. The van der Waals surface area contributed by atoms with E-state index in [9.17, 15) is 0 Å². The highest BCUT2D eigenvalue weighted by Crippen LogP contribution is 2.31. The molecule has 0 aromatic heterocycles. The van der Waals surface area contributed by atoms with Crippen molar-refractivity contribution in [2.75, 3.05) is 23.7 Å². The van der Waals surface area contributed by atoms with Gasteiger partial charge in [0, 0.05) is 24.5 Å². The average Bonchev–Trinajstić information content (AvgIpc) is 2.68. The van der Waals surface area contributed by atoms with Crippen molar-refractivity contribution >= 4 is 11.4 Å². The number of hydrogen-bond acceptors (Lipinski definition) is 2. The van der Waals surface area contributed by atoms with Crippen LogP contribution in [-0.2, 0) is 6.42 Å². The Morgan fingerprint density at radius 2 is 2.06 bits per heavy atom. The van der Waals surface area contributed by atoms with Crippen LogP contribution >= 0.6 is 0 Å². The van der Waals surface area contributed by atoms with Gasteiger partial charge in [-0.15, -0.1) is 0 Å². The Balaban J connectivity index is 2.13. The molecule has 2 heteroatoms. The zero-order chi connectivity index (χ0) is 11.5. The van der Waals surface area contributed by atoms with Gasteiger partial charge in [-0.05, 0) is 30.0 Å². The van der Waals surface area contributed by atoms with Gasteiger partial charge >= 0.3 is 0 Å². The van der Waals surface area contributed by atoms with Crippen molar-refractivity contribution in [1.82, 2.24) is 0 Å². The van der Waals surface area contributed by atoms with Crippen LogP contribution in [0.15, 0.2) is 18.2 Å². The third kappa shape index (κ3) is 2.16. The molecule has 0 bridgehead atoms. The Hall–Kier alpha value is -1.18. The summed E-state index contributed by atoms with van der Waals surface area (Å²) in [6.07, 6.45) is 3.71. The highest BCUT2D eigenvalue weighted by atomic mass is 15.1. The van der Waals surface area contributed by atoms with Gasteiger partial charge in [0.05, 0.1) is 0 Å². The molecule has 1 aromatic rings. The van der Waals surface area contributed by atoms with Gasteiger partial charge in [0.1, 0.15) is 0 Å². The van der Waals surface area contributed by atoms with E-state index in [0.29, 0.717) is 0 Å². The summed E-state index contributed by atoms with van der Waals surface area (Å²) in [6.45, 7) is 6.91. The summed E-state index contributed by atoms with van der Waals surface area (Å²) in [4.78, 5) is 2.50. The molecule has 2 nitrogen and oxygen atoms in total. The Morgan fingerprint density at radius 3 is 2.75 bits per heavy atom. The standard InChI is InChI=1S/C14H22N2/c1-3-11(4-2)10-16-8-7-12-5-6-13(15)9-14(12)16/h5-6,9,11H,3-4,7-8,10,15H2,1-2H3. The first kappa shape index (κ1) is 11.3. The summed E-state index contributed by atoms with van der Waals surface area (Å²) < 4.78 is 0. The van der Waals surface area contributed by atoms with Crippen molar-refractivity contribution in [3.8, 4) is 0 Å². The SMILES string of the molecule is CCC(CC)CN1CCc2ccc(N)cc21. The Morgan fingerprint density at radius 1 is 1.31 bits per heavy atom. The van der Waals surface area contributed by atoms with Crippen LogP contribution in [0.1, 0.15) is 32.3 Å². The average molecular weight is 218 g/mol. The molecule has 16 heavy (non-hydrogen) atoms. The normalized spacial score (nSPS) is 14.6. The number of nitrogen functional groups attached to an aromatic ring is 1. The maximum Gasteiger partial charge on any atom is 0.0420 e. The lowest BCUT2D eigenvalue weighted by molar-refractivity contribution is 0.488. The molecule has 0 amide bonds. The lowest BCUT2D eigenvalue weighted by atomic mass is 10.0. The van der Waals surface area contributed by atoms with Crippen LogP contribution in [0.3, 0.4) is 0 Å². The highest BCUT2D eigenvalue weighted by Gasteiger charge is 2.20. The monoisotopic (exact) mass is 218 g/mol. The van der Waals surface area contributed by atoms with Crippen molar-refractivity contribution in [2.45, 2.75) is 33.1 Å². The molecule has 1 heterocycles. The summed E-state index contributed by atoms with van der Waals surface area (Å²) in [5, 5.41) is 0. The van der Waals surface area contributed by atoms with Gasteiger partial charge in [-0.3, -0.25) is 0 Å². The minimum Gasteiger partial charge on any atom is -0.399 e. The molecule has 0 radical (unpaired) electrons. The third-order valence-electron chi connectivity index (χ3n) is 3.73. The molecule has 1 aliphatic heterocycles. The van der Waals surface area contributed by atoms with Crippen molar-refractivity contribution in [1.29, 1.82) is 0 Å². The Labute approximate surface area is 98.4 Å². The number of benzene rings is 1. The molecular formula is C14H22N2. The molecule has 0 saturated carbocycles. The maximum absolute atomic E-state index is 5.86. The minimum atomic E-state index is 0.812. The predicted molar refractivity (Wildman–Crippen MR) is 70.8 cm³/mol. The first-order valence-electron chi connectivity index (χ1n) is 6.38. The fraction of sp³-hybridized carbons (Fsp3) is 0.571. The number of hydrogen-bond donors (Lipinski definition) is 1. The molecule has 0 aliphatic carbocycles. The van der Waals surface area contributed by atoms with Crippen LogP contribution in [0.2, 0.25) is 0 Å². The summed E-state index contributed by atoms with van der Waals surface area (Å²) in [5.41, 5.74) is 9.57. The van der Waals surface area contributed by atoms with Crippen LogP contribution in [-0.4, -0.2) is 13.1 Å². The lowest BCUT2D eigenvalue weighted by Gasteiger charge is -2.24. The van der Waals surface area contributed by atoms with Crippen LogP contribution in [0.5, 0.6) is 0 Å². The zero-order valence-electron chi connectivity index (χ0n) is 10.4. The molecule has 2 N–H and O–H groups in total. The second-order valence-electron chi connectivity index (χ2n) is 4.77. The number of nitrogens with zero attached hydrogens (tertiary/aromatic N) is 1. The number of rotatable bonds is 4. The Kier molecular flexibility index (Phi) is 3.37. The van der Waals surface area contributed by atoms with Crippen molar-refractivity contribution in [2.24, 2.45) is 5.92 Å². The lowest BCUT2D eigenvalue weighted by Crippen LogP contribution is -2.27. The number of fused-ring (bicyclic) bond motifs is 1. The largest absolute Gasteiger partial charge is 0.399 e. The highest BCUT2D eigenvalue weighted by molar-refractivity contribution is 5.64. The fourth-order valence-electron chi connectivity index (χ4n) is 2.51. The van der Waals surface area contributed by atoms with Gasteiger partial charge in [0.15, 0.2) is 0 Å². The molecule has 0 saturated heterocycles. The number of anilines is 2. The van der Waals surface area contributed by atoms with Gasteiger partial charge in [0.25, 0.3) is 0 Å². The minimum absolute atomic E-state index is 0.812. The van der Waals surface area contributed by atoms with E-state index < -0.39 is 0 Å². The van der Waals surface area contributed by atoms with E-state index in [2.05, 4.69) is 30.9 Å². The molecule has 1 aliphatic rings. The van der Waals surface area contributed by atoms with E-state index >= 15 is 0 Å². The molecule has 1 aromatic carbocycles. The van der Waals surface area contributed by atoms with Gasteiger partial charge in [0.2, 0.25) is 0 Å². The smallest absolute Gasteiger partial charge is 0.0420 e. The molecule has 0 atom stereocenters. The van der Waals surface area contributed by atoms with Crippen LogP contribution in [0, 0.1) is 5.92 Å². The zero-order valence-corrected chi connectivity index (χ0v) is 10.4. The fourth-order valence-corrected chi connectivity index (χ4v) is 2.51. The van der Waals surface area contributed by atoms with Crippen molar-refractivity contribution < 1.29 is 0 Å². The van der Waals surface area contributed by atoms with Crippen molar-refractivity contribution in [3.63, 3.8) is 0 Å². The van der Waals surface area contributed by atoms with Gasteiger partial charge in [-0.25, -0.2) is 0 Å². The van der Waals surface area contributed by atoms with Gasteiger partial charge in [-0.1, -0.05) is 32.8 Å². The molecule has 2 rings (SSSR count). The van der Waals surface area contributed by atoms with Crippen molar-refractivity contribution in [3.05, 3.63) is 23.8 Å². The van der Waals surface area contributed by atoms with Crippen LogP contribution < -0.4 is 10.6 Å². The third-order valence-corrected chi connectivity index (χ3v) is 3.73. The van der Waals surface area contributed by atoms with E-state index in [1.807, 2.05) is 6.07 Å². The van der Waals surface area contributed by atoms with E-state index in [1.165, 1.54) is 37.1 Å². The topological polar surface area (TPSA) is 29.3 Å². The van der Waals surface area contributed by atoms with Crippen LogP contribution in [0.25, 0.3) is 0 Å². The first-order chi connectivity index (χ1) is 7.74.